The van der Waals surface area contributed by atoms with Crippen molar-refractivity contribution in [2.24, 2.45) is 0 Å². The summed E-state index contributed by atoms with van der Waals surface area (Å²) in [6.07, 6.45) is 0. The van der Waals surface area contributed by atoms with Crippen LogP contribution in [0.5, 0.6) is 0 Å². The van der Waals surface area contributed by atoms with E-state index in [1.165, 1.54) is 22.5 Å². The summed E-state index contributed by atoms with van der Waals surface area (Å²) in [5.74, 6) is -0.559. The molecule has 1 aromatic heterocycles. The largest absolute Gasteiger partial charge is 0.336 e. The van der Waals surface area contributed by atoms with Gasteiger partial charge >= 0.3 is 0 Å². The van der Waals surface area contributed by atoms with Gasteiger partial charge in [-0.2, -0.15) is 9.52 Å². The maximum absolute atomic E-state index is 13.9. The summed E-state index contributed by atoms with van der Waals surface area (Å²) in [6.45, 7) is 0.644. The number of nitrogens with zero attached hydrogens (tertiary/aromatic N) is 5. The first-order valence-electron chi connectivity index (χ1n) is 8.84. The van der Waals surface area contributed by atoms with E-state index >= 15 is 0 Å². The molecule has 29 heavy (non-hydrogen) atoms. The highest BCUT2D eigenvalue weighted by atomic mass is 32.2. The highest BCUT2D eigenvalue weighted by Gasteiger charge is 2.32. The van der Waals surface area contributed by atoms with Crippen LogP contribution in [0.15, 0.2) is 53.4 Å². The molecule has 3 aromatic rings. The zero-order valence-corrected chi connectivity index (χ0v) is 16.0. The Morgan fingerprint density at radius 2 is 1.69 bits per heavy atom. The lowest BCUT2D eigenvalue weighted by molar-refractivity contribution is 0.0697. The van der Waals surface area contributed by atoms with Gasteiger partial charge < -0.3 is 4.90 Å². The Morgan fingerprint density at radius 1 is 1.00 bits per heavy atom. The number of amides is 1. The van der Waals surface area contributed by atoms with Crippen molar-refractivity contribution in [1.29, 1.82) is 0 Å². The molecule has 9 nitrogen and oxygen atoms in total. The zero-order chi connectivity index (χ0) is 20.4. The molecule has 1 aliphatic heterocycles. The fourth-order valence-corrected chi connectivity index (χ4v) is 4.64. The summed E-state index contributed by atoms with van der Waals surface area (Å²) >= 11 is 0. The van der Waals surface area contributed by atoms with Gasteiger partial charge in [0.05, 0.1) is 0 Å². The highest BCUT2D eigenvalue weighted by molar-refractivity contribution is 7.89. The van der Waals surface area contributed by atoms with Gasteiger partial charge in [0.15, 0.2) is 0 Å². The van der Waals surface area contributed by atoms with Crippen LogP contribution in [-0.2, 0) is 10.0 Å². The van der Waals surface area contributed by atoms with E-state index in [0.29, 0.717) is 11.4 Å². The summed E-state index contributed by atoms with van der Waals surface area (Å²) in [4.78, 5) is 14.0. The van der Waals surface area contributed by atoms with Crippen molar-refractivity contribution in [2.75, 3.05) is 26.2 Å². The Balaban J connectivity index is 1.43. The number of tetrazole rings is 1. The van der Waals surface area contributed by atoms with Gasteiger partial charge in [0, 0.05) is 37.3 Å². The van der Waals surface area contributed by atoms with Crippen LogP contribution in [0, 0.1) is 5.82 Å². The van der Waals surface area contributed by atoms with Crippen molar-refractivity contribution in [3.05, 3.63) is 59.9 Å². The van der Waals surface area contributed by atoms with Gasteiger partial charge in [-0.05, 0) is 29.5 Å². The number of nitrogens with one attached hydrogen (secondary N) is 1. The quantitative estimate of drug-likeness (QED) is 0.683. The van der Waals surface area contributed by atoms with Crippen LogP contribution in [0.1, 0.15) is 10.4 Å². The van der Waals surface area contributed by atoms with Gasteiger partial charge in [0.25, 0.3) is 5.91 Å². The van der Waals surface area contributed by atoms with Gasteiger partial charge in [-0.15, -0.1) is 10.2 Å². The zero-order valence-electron chi connectivity index (χ0n) is 15.2. The van der Waals surface area contributed by atoms with Gasteiger partial charge in [-0.25, -0.2) is 12.8 Å². The van der Waals surface area contributed by atoms with Crippen molar-refractivity contribution in [1.82, 2.24) is 29.8 Å². The molecule has 0 aliphatic carbocycles. The minimum Gasteiger partial charge on any atom is -0.336 e. The lowest BCUT2D eigenvalue weighted by Gasteiger charge is -2.34. The first-order chi connectivity index (χ1) is 14.0. The lowest BCUT2D eigenvalue weighted by Crippen LogP contribution is -2.50. The summed E-state index contributed by atoms with van der Waals surface area (Å²) in [7, 11) is -3.94. The second-order valence-corrected chi connectivity index (χ2v) is 8.35. The number of hydrogen-bond donors (Lipinski definition) is 1. The van der Waals surface area contributed by atoms with E-state index < -0.39 is 15.8 Å². The second kappa shape index (κ2) is 7.68. The Bertz CT molecular complexity index is 1110. The van der Waals surface area contributed by atoms with Crippen molar-refractivity contribution >= 4 is 15.9 Å². The molecule has 11 heteroatoms. The van der Waals surface area contributed by atoms with Crippen LogP contribution >= 0.6 is 0 Å². The number of sulfonamides is 1. The first kappa shape index (κ1) is 19.2. The average Bonchev–Trinajstić information content (AvgIpc) is 3.28. The number of halogens is 1. The molecule has 1 aliphatic rings. The lowest BCUT2D eigenvalue weighted by atomic mass is 10.1. The smallest absolute Gasteiger partial charge is 0.253 e. The van der Waals surface area contributed by atoms with Crippen molar-refractivity contribution in [3.63, 3.8) is 0 Å². The topological polar surface area (TPSA) is 112 Å². The molecule has 0 bridgehead atoms. The normalized spacial score (nSPS) is 15.4. The number of hydrogen-bond acceptors (Lipinski definition) is 6. The second-order valence-electron chi connectivity index (χ2n) is 6.44. The molecule has 0 spiro atoms. The number of carbonyl (C=O) groups is 1. The summed E-state index contributed by atoms with van der Waals surface area (Å²) in [5.41, 5.74) is 1.19. The van der Waals surface area contributed by atoms with Crippen LogP contribution in [0.25, 0.3) is 11.4 Å². The monoisotopic (exact) mass is 416 g/mol. The molecule has 1 N–H and O–H groups in total. The van der Waals surface area contributed by atoms with E-state index in [4.69, 9.17) is 0 Å². The number of aromatic nitrogens is 4. The van der Waals surface area contributed by atoms with Crippen molar-refractivity contribution in [2.45, 2.75) is 4.90 Å². The third-order valence-corrected chi connectivity index (χ3v) is 6.65. The molecule has 2 aromatic carbocycles. The molecule has 1 saturated heterocycles. The number of carbonyl (C=O) groups excluding carboxylic acids is 1. The van der Waals surface area contributed by atoms with Crippen molar-refractivity contribution in [3.8, 4) is 11.4 Å². The molecule has 1 fully saturated rings. The van der Waals surface area contributed by atoms with Crippen LogP contribution in [-0.4, -0.2) is 70.3 Å². The SMILES string of the molecule is O=C(c1ccc(-c2nn[nH]n2)cc1)N1CCN(S(=O)(=O)c2ccccc2F)CC1. The number of rotatable bonds is 4. The maximum atomic E-state index is 13.9. The van der Waals surface area contributed by atoms with E-state index in [0.717, 1.165) is 11.6 Å². The van der Waals surface area contributed by atoms with E-state index in [2.05, 4.69) is 20.6 Å². The molecular weight excluding hydrogens is 399 g/mol. The minimum atomic E-state index is -3.94. The molecule has 1 amide bonds. The Morgan fingerprint density at radius 3 is 2.31 bits per heavy atom. The van der Waals surface area contributed by atoms with E-state index in [1.54, 1.807) is 29.2 Å². The third-order valence-electron chi connectivity index (χ3n) is 4.72. The molecule has 4 rings (SSSR count). The molecule has 2 heterocycles. The molecule has 0 atom stereocenters. The summed E-state index contributed by atoms with van der Waals surface area (Å²) in [6, 6.07) is 12.0. The van der Waals surface area contributed by atoms with E-state index in [1.807, 2.05) is 0 Å². The van der Waals surface area contributed by atoms with Gasteiger partial charge in [-0.1, -0.05) is 24.3 Å². The van der Waals surface area contributed by atoms with Crippen molar-refractivity contribution < 1.29 is 17.6 Å². The fourth-order valence-electron chi connectivity index (χ4n) is 3.15. The van der Waals surface area contributed by atoms with Gasteiger partial charge in [0.2, 0.25) is 15.8 Å². The van der Waals surface area contributed by atoms with Crippen LogP contribution in [0.3, 0.4) is 0 Å². The Labute approximate surface area is 166 Å². The van der Waals surface area contributed by atoms with Crippen LogP contribution < -0.4 is 0 Å². The van der Waals surface area contributed by atoms with Crippen LogP contribution in [0.2, 0.25) is 0 Å². The Hall–Kier alpha value is -3.18. The van der Waals surface area contributed by atoms with Gasteiger partial charge in [0.1, 0.15) is 10.7 Å². The van der Waals surface area contributed by atoms with E-state index in [-0.39, 0.29) is 37.0 Å². The van der Waals surface area contributed by atoms with Crippen LogP contribution in [0.4, 0.5) is 4.39 Å². The molecular formula is C18H17FN6O3S. The number of aromatic amines is 1. The number of benzene rings is 2. The third kappa shape index (κ3) is 3.74. The fraction of sp³-hybridized carbons (Fsp3) is 0.222. The van der Waals surface area contributed by atoms with E-state index in [9.17, 15) is 17.6 Å². The molecule has 0 unspecified atom stereocenters. The standard InChI is InChI=1S/C18H17FN6O3S/c19-15-3-1-2-4-16(15)29(27,28)25-11-9-24(10-12-25)18(26)14-7-5-13(6-8-14)17-20-22-23-21-17/h1-8H,9-12H2,(H,20,21,22,23). The predicted molar refractivity (Wildman–Crippen MR) is 101 cm³/mol. The average molecular weight is 416 g/mol. The predicted octanol–water partition coefficient (Wildman–Crippen LogP) is 1.15. The first-order valence-corrected chi connectivity index (χ1v) is 10.3. The molecule has 0 saturated carbocycles. The minimum absolute atomic E-state index is 0.101. The number of H-pyrrole nitrogens is 1. The highest BCUT2D eigenvalue weighted by Crippen LogP contribution is 2.21. The number of piperazine rings is 1. The maximum Gasteiger partial charge on any atom is 0.253 e. The molecule has 150 valence electrons. The Kier molecular flexibility index (Phi) is 5.07. The molecule has 0 radical (unpaired) electrons. The summed E-state index contributed by atoms with van der Waals surface area (Å²) in [5, 5.41) is 13.6. The van der Waals surface area contributed by atoms with Gasteiger partial charge in [-0.3, -0.25) is 4.79 Å². The summed E-state index contributed by atoms with van der Waals surface area (Å²) < 4.78 is 40.5.